The van der Waals surface area contributed by atoms with Gasteiger partial charge in [0.1, 0.15) is 0 Å². The van der Waals surface area contributed by atoms with Crippen molar-refractivity contribution in [3.8, 4) is 0 Å². The van der Waals surface area contributed by atoms with Crippen LogP contribution in [0.2, 0.25) is 0 Å². The molecule has 0 aliphatic carbocycles. The molecule has 2 aromatic rings. The van der Waals surface area contributed by atoms with Gasteiger partial charge in [0.15, 0.2) is 0 Å². The third kappa shape index (κ3) is 5.85. The second-order valence-electron chi connectivity index (χ2n) is 5.23. The van der Waals surface area contributed by atoms with E-state index in [1.165, 1.54) is 0 Å². The van der Waals surface area contributed by atoms with Gasteiger partial charge in [0.2, 0.25) is 11.8 Å². The lowest BCUT2D eigenvalue weighted by Gasteiger charge is -2.08. The second kappa shape index (κ2) is 8.83. The molecule has 0 bridgehead atoms. The Morgan fingerprint density at radius 2 is 1.96 bits per heavy atom. The van der Waals surface area contributed by atoms with E-state index in [0.717, 1.165) is 5.56 Å². The molecule has 7 heteroatoms. The van der Waals surface area contributed by atoms with Crippen LogP contribution in [0.5, 0.6) is 0 Å². The van der Waals surface area contributed by atoms with E-state index in [-0.39, 0.29) is 24.8 Å². The fourth-order valence-corrected chi connectivity index (χ4v) is 2.76. The Balaban J connectivity index is 1.86. The maximum Gasteiger partial charge on any atom is 0.251 e. The summed E-state index contributed by atoms with van der Waals surface area (Å²) in [5.74, 6) is -0.889. The quantitative estimate of drug-likeness (QED) is 0.681. The summed E-state index contributed by atoms with van der Waals surface area (Å²) in [4.78, 5) is 34.6. The highest BCUT2D eigenvalue weighted by Gasteiger charge is 2.08. The highest BCUT2D eigenvalue weighted by Crippen LogP contribution is 2.13. The Kier molecular flexibility index (Phi) is 6.51. The van der Waals surface area contributed by atoms with E-state index in [1.54, 1.807) is 35.6 Å². The number of benzene rings is 1. The number of anilines is 1. The summed E-state index contributed by atoms with van der Waals surface area (Å²) in [7, 11) is 0. The molecule has 0 atom stereocenters. The summed E-state index contributed by atoms with van der Waals surface area (Å²) in [6, 6.07) is 8.65. The van der Waals surface area contributed by atoms with Crippen LogP contribution >= 0.6 is 11.3 Å². The summed E-state index contributed by atoms with van der Waals surface area (Å²) in [5.41, 5.74) is 7.13. The van der Waals surface area contributed by atoms with Gasteiger partial charge in [0.05, 0.1) is 0 Å². The molecule has 2 rings (SSSR count). The van der Waals surface area contributed by atoms with Crippen LogP contribution in [0.15, 0.2) is 41.1 Å². The standard InChI is InChI=1S/C17H19N3O3S/c18-15(21)6-8-19-17(23)13-2-1-3-14(10-13)20-16(22)5-4-12-7-9-24-11-12/h1-3,7,9-11H,4-6,8H2,(H2,18,21)(H,19,23)(H,20,22). The lowest BCUT2D eigenvalue weighted by Crippen LogP contribution is -2.27. The first-order chi connectivity index (χ1) is 11.5. The summed E-state index contributed by atoms with van der Waals surface area (Å²) < 4.78 is 0. The molecule has 1 heterocycles. The maximum atomic E-state index is 12.0. The van der Waals surface area contributed by atoms with Crippen molar-refractivity contribution in [3.05, 3.63) is 52.2 Å². The van der Waals surface area contributed by atoms with Gasteiger partial charge in [-0.1, -0.05) is 6.07 Å². The van der Waals surface area contributed by atoms with Gasteiger partial charge >= 0.3 is 0 Å². The molecular weight excluding hydrogens is 326 g/mol. The number of primary amides is 1. The van der Waals surface area contributed by atoms with Gasteiger partial charge in [0.25, 0.3) is 5.91 Å². The van der Waals surface area contributed by atoms with Gasteiger partial charge in [0, 0.05) is 30.6 Å². The van der Waals surface area contributed by atoms with Crippen molar-refractivity contribution in [2.24, 2.45) is 5.73 Å². The highest BCUT2D eigenvalue weighted by atomic mass is 32.1. The lowest BCUT2D eigenvalue weighted by atomic mass is 10.1. The first-order valence-electron chi connectivity index (χ1n) is 7.52. The lowest BCUT2D eigenvalue weighted by molar-refractivity contribution is -0.118. The van der Waals surface area contributed by atoms with Crippen molar-refractivity contribution in [2.75, 3.05) is 11.9 Å². The molecule has 126 valence electrons. The number of nitrogens with one attached hydrogen (secondary N) is 2. The molecule has 0 saturated heterocycles. The van der Waals surface area contributed by atoms with Crippen LogP contribution in [0.1, 0.15) is 28.8 Å². The average molecular weight is 345 g/mol. The number of carbonyl (C=O) groups is 3. The molecule has 0 unspecified atom stereocenters. The van der Waals surface area contributed by atoms with E-state index in [4.69, 9.17) is 5.73 Å². The number of nitrogens with two attached hydrogens (primary N) is 1. The van der Waals surface area contributed by atoms with Crippen LogP contribution in [0.25, 0.3) is 0 Å². The number of hydrogen-bond donors (Lipinski definition) is 3. The van der Waals surface area contributed by atoms with Gasteiger partial charge in [-0.05, 0) is 47.0 Å². The SMILES string of the molecule is NC(=O)CCNC(=O)c1cccc(NC(=O)CCc2ccsc2)c1. The fraction of sp³-hybridized carbons (Fsp3) is 0.235. The average Bonchev–Trinajstić information content (AvgIpc) is 3.06. The summed E-state index contributed by atoms with van der Waals surface area (Å²) in [5, 5.41) is 9.39. The number of thiophene rings is 1. The smallest absolute Gasteiger partial charge is 0.251 e. The van der Waals surface area contributed by atoms with E-state index < -0.39 is 5.91 Å². The van der Waals surface area contributed by atoms with Gasteiger partial charge in [-0.3, -0.25) is 14.4 Å². The Hall–Kier alpha value is -2.67. The summed E-state index contributed by atoms with van der Waals surface area (Å²) in [6.45, 7) is 0.186. The molecule has 6 nitrogen and oxygen atoms in total. The predicted octanol–water partition coefficient (Wildman–Crippen LogP) is 1.92. The Labute approximate surface area is 144 Å². The number of hydrogen-bond acceptors (Lipinski definition) is 4. The zero-order valence-electron chi connectivity index (χ0n) is 13.1. The molecule has 4 N–H and O–H groups in total. The molecule has 3 amide bonds. The minimum atomic E-state index is -0.470. The minimum Gasteiger partial charge on any atom is -0.370 e. The number of amides is 3. The molecule has 0 fully saturated rings. The highest BCUT2D eigenvalue weighted by molar-refractivity contribution is 7.07. The predicted molar refractivity (Wildman–Crippen MR) is 93.9 cm³/mol. The van der Waals surface area contributed by atoms with Crippen LogP contribution in [0.3, 0.4) is 0 Å². The first kappa shape index (κ1) is 17.7. The van der Waals surface area contributed by atoms with Crippen LogP contribution in [0, 0.1) is 0 Å². The van der Waals surface area contributed by atoms with Crippen molar-refractivity contribution >= 4 is 34.7 Å². The molecule has 0 aliphatic rings. The molecule has 0 saturated carbocycles. The molecule has 0 spiro atoms. The Bertz CT molecular complexity index is 714. The van der Waals surface area contributed by atoms with Crippen molar-refractivity contribution in [1.29, 1.82) is 0 Å². The van der Waals surface area contributed by atoms with Crippen molar-refractivity contribution in [2.45, 2.75) is 19.3 Å². The zero-order valence-corrected chi connectivity index (χ0v) is 13.9. The largest absolute Gasteiger partial charge is 0.370 e. The molecule has 24 heavy (non-hydrogen) atoms. The van der Waals surface area contributed by atoms with E-state index in [2.05, 4.69) is 10.6 Å². The first-order valence-corrected chi connectivity index (χ1v) is 8.46. The molecule has 0 radical (unpaired) electrons. The van der Waals surface area contributed by atoms with Crippen LogP contribution in [-0.2, 0) is 16.0 Å². The van der Waals surface area contributed by atoms with Crippen molar-refractivity contribution < 1.29 is 14.4 Å². The minimum absolute atomic E-state index is 0.0880. The van der Waals surface area contributed by atoms with Crippen molar-refractivity contribution in [1.82, 2.24) is 5.32 Å². The third-order valence-electron chi connectivity index (χ3n) is 3.29. The second-order valence-corrected chi connectivity index (χ2v) is 6.01. The molecule has 1 aromatic heterocycles. The summed E-state index contributed by atoms with van der Waals surface area (Å²) in [6.07, 6.45) is 1.15. The van der Waals surface area contributed by atoms with Crippen LogP contribution < -0.4 is 16.4 Å². The number of carbonyl (C=O) groups excluding carboxylic acids is 3. The van der Waals surface area contributed by atoms with E-state index in [1.807, 2.05) is 16.8 Å². The summed E-state index contributed by atoms with van der Waals surface area (Å²) >= 11 is 1.60. The van der Waals surface area contributed by atoms with E-state index >= 15 is 0 Å². The Morgan fingerprint density at radius 3 is 2.67 bits per heavy atom. The maximum absolute atomic E-state index is 12.0. The molecule has 0 aliphatic heterocycles. The number of aryl methyl sites for hydroxylation is 1. The fourth-order valence-electron chi connectivity index (χ4n) is 2.06. The van der Waals surface area contributed by atoms with Gasteiger partial charge in [-0.15, -0.1) is 0 Å². The third-order valence-corrected chi connectivity index (χ3v) is 4.02. The normalized spacial score (nSPS) is 10.2. The van der Waals surface area contributed by atoms with Gasteiger partial charge in [-0.25, -0.2) is 0 Å². The van der Waals surface area contributed by atoms with E-state index in [0.29, 0.717) is 24.1 Å². The monoisotopic (exact) mass is 345 g/mol. The Morgan fingerprint density at radius 1 is 1.12 bits per heavy atom. The molecular formula is C17H19N3O3S. The molecule has 1 aromatic carbocycles. The van der Waals surface area contributed by atoms with Gasteiger partial charge < -0.3 is 16.4 Å². The van der Waals surface area contributed by atoms with E-state index in [9.17, 15) is 14.4 Å². The zero-order chi connectivity index (χ0) is 17.4. The topological polar surface area (TPSA) is 101 Å². The van der Waals surface area contributed by atoms with Gasteiger partial charge in [-0.2, -0.15) is 11.3 Å². The van der Waals surface area contributed by atoms with Crippen molar-refractivity contribution in [3.63, 3.8) is 0 Å². The number of rotatable bonds is 8. The van der Waals surface area contributed by atoms with Crippen LogP contribution in [-0.4, -0.2) is 24.3 Å². The van der Waals surface area contributed by atoms with Crippen LogP contribution in [0.4, 0.5) is 5.69 Å².